The van der Waals surface area contributed by atoms with Gasteiger partial charge in [0.05, 0.1) is 31.6 Å². The van der Waals surface area contributed by atoms with Crippen LogP contribution in [0.4, 0.5) is 10.5 Å². The smallest absolute Gasteiger partial charge is 0.321 e. The Kier molecular flexibility index (Phi) is 10.4. The van der Waals surface area contributed by atoms with Crippen molar-refractivity contribution >= 4 is 17.5 Å². The van der Waals surface area contributed by atoms with Crippen LogP contribution in [0, 0.1) is 5.41 Å². The number of allylic oxidation sites excluding steroid dienone is 2. The lowest BCUT2D eigenvalue weighted by Crippen LogP contribution is -2.54. The molecule has 3 aliphatic rings. The summed E-state index contributed by atoms with van der Waals surface area (Å²) in [4.78, 5) is 29.3. The van der Waals surface area contributed by atoms with Crippen LogP contribution in [-0.4, -0.2) is 58.8 Å². The summed E-state index contributed by atoms with van der Waals surface area (Å²) in [7, 11) is 1.60. The third kappa shape index (κ3) is 7.08. The molecule has 1 fully saturated rings. The van der Waals surface area contributed by atoms with E-state index in [1.165, 1.54) is 11.8 Å². The summed E-state index contributed by atoms with van der Waals surface area (Å²) in [6.07, 6.45) is 8.36. The summed E-state index contributed by atoms with van der Waals surface area (Å²) in [5.41, 5.74) is 2.32. The minimum absolute atomic E-state index is 0.143. The minimum Gasteiger partial charge on any atom is -0.497 e. The van der Waals surface area contributed by atoms with Crippen LogP contribution in [0.25, 0.3) is 0 Å². The SMILES string of the molecule is CCCN(CC1(O)CCC2c3ccc(cc3C(=O)c3ccco3)CC(O)CCC(C)=CCCC21C)C(=O)Nc1ccc(OC)cc1. The predicted molar refractivity (Wildman–Crippen MR) is 179 cm³/mol. The van der Waals surface area contributed by atoms with E-state index in [0.29, 0.717) is 55.6 Å². The molecule has 46 heavy (non-hydrogen) atoms. The third-order valence-electron chi connectivity index (χ3n) is 10.2. The molecule has 2 bridgehead atoms. The third-order valence-corrected chi connectivity index (χ3v) is 10.2. The summed E-state index contributed by atoms with van der Waals surface area (Å²) >= 11 is 0. The van der Waals surface area contributed by atoms with Crippen LogP contribution < -0.4 is 10.1 Å². The first kappa shape index (κ1) is 33.5. The standard InChI is InChI=1S/C38H48N2O6/c1-5-21-40(36(43)39-28-12-15-30(45-4)16-13-28)25-38(44)20-18-33-31-17-11-27(24-32(31)35(42)34-9-7-22-46-34)23-29(41)14-10-26(2)8-6-19-37(33,38)3/h7-9,11-13,15-17,22,24,29,33,41,44H,5-6,10,14,18-21,23,25H2,1-4H3,(H,39,43). The predicted octanol–water partition coefficient (Wildman–Crippen LogP) is 7.50. The van der Waals surface area contributed by atoms with Gasteiger partial charge in [-0.2, -0.15) is 0 Å². The number of ether oxygens (including phenoxy) is 1. The zero-order valence-electron chi connectivity index (χ0n) is 27.6. The number of rotatable bonds is 8. The molecular formula is C38H48N2O6. The number of hydrogen-bond donors (Lipinski definition) is 3. The molecular weight excluding hydrogens is 580 g/mol. The number of aliphatic hydroxyl groups is 2. The number of fused-ring (bicyclic) bond motifs is 8. The maximum absolute atomic E-state index is 13.9. The summed E-state index contributed by atoms with van der Waals surface area (Å²) in [6.45, 7) is 6.91. The number of carbonyl (C=O) groups is 2. The van der Waals surface area contributed by atoms with Crippen molar-refractivity contribution in [2.75, 3.05) is 25.5 Å². The van der Waals surface area contributed by atoms with Crippen LogP contribution in [0.2, 0.25) is 0 Å². The molecule has 3 aromatic rings. The van der Waals surface area contributed by atoms with Crippen molar-refractivity contribution in [1.82, 2.24) is 4.90 Å². The monoisotopic (exact) mass is 628 g/mol. The summed E-state index contributed by atoms with van der Waals surface area (Å²) in [5, 5.41) is 26.5. The second-order valence-electron chi connectivity index (χ2n) is 13.3. The number of methoxy groups -OCH3 is 1. The molecule has 3 aliphatic carbocycles. The van der Waals surface area contributed by atoms with E-state index in [0.717, 1.165) is 30.4 Å². The van der Waals surface area contributed by atoms with E-state index in [9.17, 15) is 19.8 Å². The Balaban J connectivity index is 1.52. The molecule has 4 atom stereocenters. The van der Waals surface area contributed by atoms with Gasteiger partial charge in [0, 0.05) is 23.2 Å². The first-order valence-electron chi connectivity index (χ1n) is 16.5. The van der Waals surface area contributed by atoms with Gasteiger partial charge in [-0.25, -0.2) is 4.79 Å². The molecule has 246 valence electrons. The van der Waals surface area contributed by atoms with Crippen LogP contribution >= 0.6 is 0 Å². The fourth-order valence-electron chi connectivity index (χ4n) is 7.45. The number of benzene rings is 2. The first-order valence-corrected chi connectivity index (χ1v) is 16.5. The van der Waals surface area contributed by atoms with Crippen LogP contribution in [0.3, 0.4) is 0 Å². The highest BCUT2D eigenvalue weighted by Crippen LogP contribution is 2.59. The maximum atomic E-state index is 13.9. The summed E-state index contributed by atoms with van der Waals surface area (Å²) < 4.78 is 10.8. The molecule has 0 aliphatic heterocycles. The minimum atomic E-state index is -1.21. The van der Waals surface area contributed by atoms with Gasteiger partial charge < -0.3 is 29.6 Å². The van der Waals surface area contributed by atoms with Gasteiger partial charge in [0.2, 0.25) is 5.78 Å². The van der Waals surface area contributed by atoms with Gasteiger partial charge in [0.1, 0.15) is 5.75 Å². The number of anilines is 1. The lowest BCUT2D eigenvalue weighted by Gasteiger charge is -2.46. The van der Waals surface area contributed by atoms with E-state index in [-0.39, 0.29) is 30.0 Å². The Bertz CT molecular complexity index is 1530. The van der Waals surface area contributed by atoms with Crippen molar-refractivity contribution < 1.29 is 29.0 Å². The Labute approximate surface area is 272 Å². The van der Waals surface area contributed by atoms with Crippen molar-refractivity contribution in [1.29, 1.82) is 0 Å². The van der Waals surface area contributed by atoms with E-state index in [1.807, 2.05) is 25.1 Å². The molecule has 0 spiro atoms. The topological polar surface area (TPSA) is 112 Å². The highest BCUT2D eigenvalue weighted by Gasteiger charge is 2.57. The molecule has 1 heterocycles. The van der Waals surface area contributed by atoms with Crippen LogP contribution in [-0.2, 0) is 6.42 Å². The molecule has 1 saturated carbocycles. The van der Waals surface area contributed by atoms with Gasteiger partial charge in [0.25, 0.3) is 0 Å². The molecule has 6 rings (SSSR count). The molecule has 3 N–H and O–H groups in total. The van der Waals surface area contributed by atoms with Crippen molar-refractivity contribution in [3.63, 3.8) is 0 Å². The van der Waals surface area contributed by atoms with Crippen LogP contribution in [0.15, 0.2) is 76.9 Å². The van der Waals surface area contributed by atoms with Crippen molar-refractivity contribution in [2.24, 2.45) is 5.41 Å². The van der Waals surface area contributed by atoms with Crippen LogP contribution in [0.1, 0.15) is 98.9 Å². The average molecular weight is 629 g/mol. The number of ketones is 1. The van der Waals surface area contributed by atoms with Gasteiger partial charge in [-0.15, -0.1) is 0 Å². The highest BCUT2D eigenvalue weighted by atomic mass is 16.5. The number of hydrogen-bond acceptors (Lipinski definition) is 6. The van der Waals surface area contributed by atoms with Crippen LogP contribution in [0.5, 0.6) is 5.75 Å². The number of nitrogens with zero attached hydrogens (tertiary/aromatic N) is 1. The molecule has 4 unspecified atom stereocenters. The van der Waals surface area contributed by atoms with Gasteiger partial charge in [-0.1, -0.05) is 37.6 Å². The van der Waals surface area contributed by atoms with Gasteiger partial charge in [-0.3, -0.25) is 4.79 Å². The maximum Gasteiger partial charge on any atom is 0.321 e. The largest absolute Gasteiger partial charge is 0.497 e. The van der Waals surface area contributed by atoms with E-state index < -0.39 is 17.1 Å². The zero-order valence-corrected chi connectivity index (χ0v) is 27.6. The van der Waals surface area contributed by atoms with E-state index in [2.05, 4.69) is 25.2 Å². The number of aliphatic hydroxyl groups excluding tert-OH is 1. The Morgan fingerprint density at radius 3 is 2.59 bits per heavy atom. The fraction of sp³-hybridized carbons (Fsp3) is 0.474. The normalized spacial score (nSPS) is 24.9. The number of nitrogens with one attached hydrogen (secondary N) is 1. The first-order chi connectivity index (χ1) is 22.1. The lowest BCUT2D eigenvalue weighted by molar-refractivity contribution is -0.0763. The lowest BCUT2D eigenvalue weighted by atomic mass is 9.64. The summed E-state index contributed by atoms with van der Waals surface area (Å²) in [5.74, 6) is 0.617. The molecule has 0 radical (unpaired) electrons. The number of urea groups is 1. The molecule has 8 heteroatoms. The second-order valence-corrected chi connectivity index (χ2v) is 13.3. The van der Waals surface area contributed by atoms with Gasteiger partial charge in [0.15, 0.2) is 5.76 Å². The van der Waals surface area contributed by atoms with Gasteiger partial charge >= 0.3 is 6.03 Å². The van der Waals surface area contributed by atoms with E-state index in [4.69, 9.17) is 9.15 Å². The molecule has 1 aromatic heterocycles. The molecule has 2 amide bonds. The van der Waals surface area contributed by atoms with Crippen molar-refractivity contribution in [3.05, 3.63) is 95.0 Å². The average Bonchev–Trinajstić information content (AvgIpc) is 3.67. The fourth-order valence-corrected chi connectivity index (χ4v) is 7.45. The Morgan fingerprint density at radius 1 is 1.11 bits per heavy atom. The number of carbonyl (C=O) groups excluding carboxylic acids is 2. The van der Waals surface area contributed by atoms with E-state index >= 15 is 0 Å². The van der Waals surface area contributed by atoms with Gasteiger partial charge in [-0.05, 0) is 118 Å². The molecule has 0 saturated heterocycles. The Morgan fingerprint density at radius 2 is 1.89 bits per heavy atom. The van der Waals surface area contributed by atoms with Crippen molar-refractivity contribution in [3.8, 4) is 5.75 Å². The second kappa shape index (κ2) is 14.3. The van der Waals surface area contributed by atoms with E-state index in [1.54, 1.807) is 48.4 Å². The van der Waals surface area contributed by atoms with Crippen molar-refractivity contribution in [2.45, 2.75) is 89.8 Å². The number of amides is 2. The zero-order chi connectivity index (χ0) is 32.9. The highest BCUT2D eigenvalue weighted by molar-refractivity contribution is 6.08. The molecule has 2 aromatic carbocycles. The number of furan rings is 1. The summed E-state index contributed by atoms with van der Waals surface area (Å²) in [6, 6.07) is 16.2. The Hall–Kier alpha value is -3.88. The quantitative estimate of drug-likeness (QED) is 0.176. The molecule has 8 nitrogen and oxygen atoms in total.